The maximum atomic E-state index is 6.42. The van der Waals surface area contributed by atoms with Gasteiger partial charge in [-0.3, -0.25) is 0 Å². The van der Waals surface area contributed by atoms with Crippen LogP contribution in [0.3, 0.4) is 0 Å². The fraction of sp³-hybridized carbons (Fsp3) is 0.0588. The van der Waals surface area contributed by atoms with Crippen LogP contribution in [0.1, 0.15) is 25.0 Å². The molecule has 54 heavy (non-hydrogen) atoms. The molecule has 0 atom stereocenters. The maximum Gasteiger partial charge on any atom is 0.136 e. The van der Waals surface area contributed by atoms with Crippen LogP contribution in [0.5, 0.6) is 0 Å². The molecule has 0 fully saturated rings. The molecule has 1 aliphatic carbocycles. The first-order valence-corrected chi connectivity index (χ1v) is 18.8. The van der Waals surface area contributed by atoms with Gasteiger partial charge in [0, 0.05) is 49.1 Å². The molecule has 0 saturated heterocycles. The lowest BCUT2D eigenvalue weighted by Gasteiger charge is -2.21. The quantitative estimate of drug-likeness (QED) is 0.181. The molecule has 254 valence electrons. The fourth-order valence-corrected chi connectivity index (χ4v) is 9.52. The van der Waals surface area contributed by atoms with Crippen molar-refractivity contribution in [3.8, 4) is 33.6 Å². The van der Waals surface area contributed by atoms with E-state index in [2.05, 4.69) is 187 Å². The Morgan fingerprint density at radius 1 is 0.370 bits per heavy atom. The zero-order valence-electron chi connectivity index (χ0n) is 30.0. The monoisotopic (exact) mass is 690 g/mol. The first-order valence-electron chi connectivity index (χ1n) is 18.8. The van der Waals surface area contributed by atoms with Crippen LogP contribution in [0, 0.1) is 0 Å². The minimum absolute atomic E-state index is 0.0812. The number of rotatable bonds is 3. The van der Waals surface area contributed by atoms with Gasteiger partial charge < -0.3 is 13.6 Å². The van der Waals surface area contributed by atoms with Crippen molar-refractivity contribution in [3.63, 3.8) is 0 Å². The molecule has 0 radical (unpaired) electrons. The van der Waals surface area contributed by atoms with Gasteiger partial charge in [-0.25, -0.2) is 0 Å². The van der Waals surface area contributed by atoms with E-state index in [1.807, 2.05) is 6.07 Å². The van der Waals surface area contributed by atoms with Gasteiger partial charge in [-0.2, -0.15) is 0 Å². The summed E-state index contributed by atoms with van der Waals surface area (Å²) in [6.07, 6.45) is 0. The van der Waals surface area contributed by atoms with Crippen molar-refractivity contribution in [2.24, 2.45) is 0 Å². The molecule has 3 nitrogen and oxygen atoms in total. The van der Waals surface area contributed by atoms with E-state index in [-0.39, 0.29) is 5.41 Å². The van der Waals surface area contributed by atoms with E-state index >= 15 is 0 Å². The molecule has 0 amide bonds. The third-order valence-electron chi connectivity index (χ3n) is 12.1. The molecule has 3 heteroatoms. The van der Waals surface area contributed by atoms with Gasteiger partial charge in [-0.15, -0.1) is 0 Å². The number of nitrogens with zero attached hydrogens (tertiary/aromatic N) is 2. The van der Waals surface area contributed by atoms with Gasteiger partial charge in [0.2, 0.25) is 0 Å². The first-order chi connectivity index (χ1) is 26.5. The van der Waals surface area contributed by atoms with Crippen LogP contribution in [0.25, 0.3) is 99.2 Å². The number of benzene rings is 8. The van der Waals surface area contributed by atoms with E-state index in [0.717, 1.165) is 27.6 Å². The van der Waals surface area contributed by atoms with Crippen molar-refractivity contribution in [1.29, 1.82) is 0 Å². The van der Waals surface area contributed by atoms with Gasteiger partial charge in [0.1, 0.15) is 11.2 Å². The summed E-state index contributed by atoms with van der Waals surface area (Å²) >= 11 is 0. The highest BCUT2D eigenvalue weighted by Crippen LogP contribution is 2.51. The smallest absolute Gasteiger partial charge is 0.136 e. The van der Waals surface area contributed by atoms with Gasteiger partial charge in [0.15, 0.2) is 0 Å². The molecule has 12 rings (SSSR count). The largest absolute Gasteiger partial charge is 0.456 e. The van der Waals surface area contributed by atoms with E-state index in [4.69, 9.17) is 4.42 Å². The van der Waals surface area contributed by atoms with Crippen LogP contribution in [-0.4, -0.2) is 9.13 Å². The predicted molar refractivity (Wildman–Crippen MR) is 225 cm³/mol. The van der Waals surface area contributed by atoms with Crippen LogP contribution in [0.15, 0.2) is 174 Å². The molecule has 0 bridgehead atoms. The number of para-hydroxylation sites is 3. The average Bonchev–Trinajstić information content (AvgIpc) is 3.91. The lowest BCUT2D eigenvalue weighted by Crippen LogP contribution is -2.14. The van der Waals surface area contributed by atoms with Crippen LogP contribution >= 0.6 is 0 Å². The molecule has 11 aromatic rings. The van der Waals surface area contributed by atoms with E-state index in [1.54, 1.807) is 0 Å². The average molecular weight is 691 g/mol. The number of fused-ring (bicyclic) bond motifs is 12. The van der Waals surface area contributed by atoms with Crippen LogP contribution in [0.2, 0.25) is 0 Å². The second kappa shape index (κ2) is 10.6. The Bertz CT molecular complexity index is 3340. The van der Waals surface area contributed by atoms with Crippen molar-refractivity contribution in [3.05, 3.63) is 181 Å². The van der Waals surface area contributed by atoms with Crippen molar-refractivity contribution >= 4 is 65.6 Å². The number of aromatic nitrogens is 2. The standard InChI is InChI=1S/C51H34N2O/c1-51(2)43-19-11-9-17-35(43)37-28-47-40(27-44(37)51)38-25-31(21-23-45(38)52(47)33-13-5-3-6-14-33)32-22-24-46-39(26-32)41-30-50-42(36-18-10-12-20-49(36)54-50)29-48(41)53(46)34-15-7-4-8-16-34/h3-30H,1-2H3. The molecule has 0 spiro atoms. The number of hydrogen-bond donors (Lipinski definition) is 0. The Hall–Kier alpha value is -6.84. The molecule has 0 aliphatic heterocycles. The SMILES string of the molecule is CC1(C)c2ccccc2-c2cc3c(cc21)c1cc(-c2ccc4c(c2)c2cc5oc6ccccc6c5cc2n4-c2ccccc2)ccc1n3-c1ccccc1. The van der Waals surface area contributed by atoms with Crippen LogP contribution in [-0.2, 0) is 5.41 Å². The Morgan fingerprint density at radius 2 is 0.926 bits per heavy atom. The van der Waals surface area contributed by atoms with E-state index in [1.165, 1.54) is 82.7 Å². The van der Waals surface area contributed by atoms with Gasteiger partial charge in [0.05, 0.1) is 22.1 Å². The van der Waals surface area contributed by atoms with E-state index in [0.29, 0.717) is 0 Å². The molecule has 0 unspecified atom stereocenters. The van der Waals surface area contributed by atoms with Crippen molar-refractivity contribution < 1.29 is 4.42 Å². The molecule has 0 N–H and O–H groups in total. The second-order valence-corrected chi connectivity index (χ2v) is 15.4. The summed E-state index contributed by atoms with van der Waals surface area (Å²) in [5.74, 6) is 0. The van der Waals surface area contributed by atoms with Crippen LogP contribution in [0.4, 0.5) is 0 Å². The summed E-state index contributed by atoms with van der Waals surface area (Å²) in [5.41, 5.74) is 16.7. The molecule has 3 aromatic heterocycles. The summed E-state index contributed by atoms with van der Waals surface area (Å²) in [6, 6.07) is 62.2. The molecule has 3 heterocycles. The minimum Gasteiger partial charge on any atom is -0.456 e. The molecule has 8 aromatic carbocycles. The molecule has 0 saturated carbocycles. The minimum atomic E-state index is -0.0812. The lowest BCUT2D eigenvalue weighted by molar-refractivity contribution is 0.661. The molecular formula is C51H34N2O. The van der Waals surface area contributed by atoms with Gasteiger partial charge >= 0.3 is 0 Å². The Kier molecular flexibility index (Phi) is 5.84. The van der Waals surface area contributed by atoms with Crippen molar-refractivity contribution in [2.45, 2.75) is 19.3 Å². The maximum absolute atomic E-state index is 6.42. The summed E-state index contributed by atoms with van der Waals surface area (Å²) in [5, 5.41) is 7.21. The third kappa shape index (κ3) is 3.96. The number of furan rings is 1. The Morgan fingerprint density at radius 3 is 1.61 bits per heavy atom. The van der Waals surface area contributed by atoms with Gasteiger partial charge in [-0.05, 0) is 112 Å². The third-order valence-corrected chi connectivity index (χ3v) is 12.1. The second-order valence-electron chi connectivity index (χ2n) is 15.4. The van der Waals surface area contributed by atoms with Gasteiger partial charge in [-0.1, -0.05) is 105 Å². The normalized spacial score (nSPS) is 13.5. The molecular weight excluding hydrogens is 657 g/mol. The van der Waals surface area contributed by atoms with Crippen molar-refractivity contribution in [1.82, 2.24) is 9.13 Å². The highest BCUT2D eigenvalue weighted by atomic mass is 16.3. The highest BCUT2D eigenvalue weighted by molar-refractivity contribution is 6.18. The fourth-order valence-electron chi connectivity index (χ4n) is 9.52. The summed E-state index contributed by atoms with van der Waals surface area (Å²) in [7, 11) is 0. The number of hydrogen-bond acceptors (Lipinski definition) is 1. The van der Waals surface area contributed by atoms with Crippen LogP contribution < -0.4 is 0 Å². The highest BCUT2D eigenvalue weighted by Gasteiger charge is 2.36. The molecule has 1 aliphatic rings. The zero-order valence-corrected chi connectivity index (χ0v) is 30.0. The Labute approximate surface area is 311 Å². The summed E-state index contributed by atoms with van der Waals surface area (Å²) < 4.78 is 11.3. The first kappa shape index (κ1) is 29.7. The van der Waals surface area contributed by atoms with E-state index < -0.39 is 0 Å². The Balaban J connectivity index is 1.12. The summed E-state index contributed by atoms with van der Waals surface area (Å²) in [4.78, 5) is 0. The van der Waals surface area contributed by atoms with Gasteiger partial charge in [0.25, 0.3) is 0 Å². The van der Waals surface area contributed by atoms with Crippen molar-refractivity contribution in [2.75, 3.05) is 0 Å². The predicted octanol–water partition coefficient (Wildman–Crippen LogP) is 13.8. The lowest BCUT2D eigenvalue weighted by atomic mass is 9.82. The summed E-state index contributed by atoms with van der Waals surface area (Å²) in [6.45, 7) is 4.73. The van der Waals surface area contributed by atoms with E-state index in [9.17, 15) is 0 Å². The zero-order chi connectivity index (χ0) is 35.7. The topological polar surface area (TPSA) is 23.0 Å².